The van der Waals surface area contributed by atoms with Crippen LogP contribution in [-0.4, -0.2) is 12.6 Å². The van der Waals surface area contributed by atoms with E-state index in [0.29, 0.717) is 6.61 Å². The van der Waals surface area contributed by atoms with Crippen LogP contribution in [0.2, 0.25) is 0 Å². The number of esters is 1. The summed E-state index contributed by atoms with van der Waals surface area (Å²) in [5, 5.41) is 0. The van der Waals surface area contributed by atoms with Crippen molar-refractivity contribution in [1.29, 1.82) is 0 Å². The highest BCUT2D eigenvalue weighted by atomic mass is 79.9. The van der Waals surface area contributed by atoms with Gasteiger partial charge < -0.3 is 4.74 Å². The molecule has 1 aliphatic carbocycles. The Bertz CT molecular complexity index is 311. The average molecular weight is 294 g/mol. The van der Waals surface area contributed by atoms with Gasteiger partial charge in [-0.05, 0) is 50.3 Å². The largest absolute Gasteiger partial charge is 0.457 e. The van der Waals surface area contributed by atoms with Crippen molar-refractivity contribution in [2.45, 2.75) is 12.8 Å². The second-order valence-corrected chi connectivity index (χ2v) is 5.42. The van der Waals surface area contributed by atoms with Crippen LogP contribution in [0, 0.1) is 0 Å². The fraction of sp³-hybridized carbons (Fsp3) is 0.375. The molecule has 4 heteroatoms. The topological polar surface area (TPSA) is 26.3 Å². The number of carbonyl (C=O) groups is 1. The van der Waals surface area contributed by atoms with E-state index < -0.39 is 0 Å². The molecule has 0 saturated carbocycles. The van der Waals surface area contributed by atoms with Crippen LogP contribution in [0.3, 0.4) is 0 Å². The molecule has 0 radical (unpaired) electrons. The minimum Gasteiger partial charge on any atom is -0.457 e. The quantitative estimate of drug-likeness (QED) is 0.642. The maximum Gasteiger partial charge on any atom is 0.334 e. The van der Waals surface area contributed by atoms with Gasteiger partial charge in [-0.3, -0.25) is 0 Å². The molecule has 0 spiro atoms. The Morgan fingerprint density at radius 3 is 2.67 bits per heavy atom. The van der Waals surface area contributed by atoms with Crippen molar-refractivity contribution in [2.24, 2.45) is 0 Å². The van der Waals surface area contributed by atoms with Crippen LogP contribution in [0.15, 0.2) is 20.1 Å². The number of halogens is 2. The minimum absolute atomic E-state index is 0.138. The zero-order valence-electron chi connectivity index (χ0n) is 6.19. The van der Waals surface area contributed by atoms with E-state index in [1.165, 1.54) is 5.57 Å². The van der Waals surface area contributed by atoms with E-state index in [2.05, 4.69) is 31.9 Å². The lowest BCUT2D eigenvalue weighted by Crippen LogP contribution is -1.99. The smallest absolute Gasteiger partial charge is 0.334 e. The second-order valence-electron chi connectivity index (χ2n) is 2.77. The Morgan fingerprint density at radius 2 is 2.00 bits per heavy atom. The Hall–Kier alpha value is -0.0900. The van der Waals surface area contributed by atoms with Gasteiger partial charge in [-0.15, -0.1) is 0 Å². The molecule has 2 nitrogen and oxygen atoms in total. The van der Waals surface area contributed by atoms with E-state index in [-0.39, 0.29) is 5.97 Å². The van der Waals surface area contributed by atoms with E-state index in [1.807, 2.05) is 0 Å². The molecule has 12 heavy (non-hydrogen) atoms. The van der Waals surface area contributed by atoms with E-state index in [9.17, 15) is 4.79 Å². The molecule has 1 heterocycles. The number of hydrogen-bond acceptors (Lipinski definition) is 2. The normalized spacial score (nSPS) is 21.5. The van der Waals surface area contributed by atoms with Crippen LogP contribution >= 0.6 is 31.9 Å². The molecule has 2 rings (SSSR count). The van der Waals surface area contributed by atoms with Gasteiger partial charge >= 0.3 is 5.97 Å². The van der Waals surface area contributed by atoms with E-state index in [0.717, 1.165) is 27.4 Å². The van der Waals surface area contributed by atoms with Gasteiger partial charge in [0, 0.05) is 11.1 Å². The maximum absolute atomic E-state index is 11.1. The van der Waals surface area contributed by atoms with Crippen LogP contribution < -0.4 is 0 Å². The van der Waals surface area contributed by atoms with Crippen molar-refractivity contribution in [3.63, 3.8) is 0 Å². The molecular formula is C8H6Br2O2. The molecule has 0 N–H and O–H groups in total. The first-order chi connectivity index (χ1) is 5.70. The number of carbonyl (C=O) groups excluding carboxylic acids is 1. The molecule has 2 aliphatic rings. The highest BCUT2D eigenvalue weighted by Crippen LogP contribution is 2.40. The van der Waals surface area contributed by atoms with Crippen LogP contribution in [0.5, 0.6) is 0 Å². The van der Waals surface area contributed by atoms with Gasteiger partial charge in [0.1, 0.15) is 6.61 Å². The summed E-state index contributed by atoms with van der Waals surface area (Å²) in [5.41, 5.74) is 3.11. The lowest BCUT2D eigenvalue weighted by Gasteiger charge is -2.01. The highest BCUT2D eigenvalue weighted by Gasteiger charge is 2.32. The Morgan fingerprint density at radius 1 is 1.25 bits per heavy atom. The molecule has 0 atom stereocenters. The third-order valence-corrected chi connectivity index (χ3v) is 3.13. The SMILES string of the molecule is O=C1OCC2=C1CCC2=C(Br)Br. The molecule has 1 aliphatic heterocycles. The van der Waals surface area contributed by atoms with E-state index >= 15 is 0 Å². The fourth-order valence-electron chi connectivity index (χ4n) is 1.57. The molecule has 0 fully saturated rings. The zero-order chi connectivity index (χ0) is 8.72. The third-order valence-electron chi connectivity index (χ3n) is 2.18. The van der Waals surface area contributed by atoms with Gasteiger partial charge in [0.05, 0.1) is 3.39 Å². The lowest BCUT2D eigenvalue weighted by molar-refractivity contribution is -0.136. The molecule has 0 unspecified atom stereocenters. The van der Waals surface area contributed by atoms with E-state index in [4.69, 9.17) is 4.74 Å². The van der Waals surface area contributed by atoms with Crippen LogP contribution in [0.1, 0.15) is 12.8 Å². The molecule has 0 bridgehead atoms. The van der Waals surface area contributed by atoms with Gasteiger partial charge in [0.2, 0.25) is 0 Å². The number of ether oxygens (including phenoxy) is 1. The molecule has 0 amide bonds. The Labute approximate surface area is 86.9 Å². The molecule has 0 aromatic carbocycles. The summed E-state index contributed by atoms with van der Waals surface area (Å²) in [6, 6.07) is 0. The number of hydrogen-bond donors (Lipinski definition) is 0. The molecule has 0 aromatic heterocycles. The molecule has 0 aromatic rings. The van der Waals surface area contributed by atoms with Gasteiger partial charge in [0.25, 0.3) is 0 Å². The maximum atomic E-state index is 11.1. The predicted molar refractivity (Wildman–Crippen MR) is 52.1 cm³/mol. The lowest BCUT2D eigenvalue weighted by atomic mass is 10.1. The van der Waals surface area contributed by atoms with Crippen molar-refractivity contribution < 1.29 is 9.53 Å². The van der Waals surface area contributed by atoms with Crippen LogP contribution in [0.25, 0.3) is 0 Å². The molecule has 64 valence electrons. The highest BCUT2D eigenvalue weighted by molar-refractivity contribution is 9.28. The summed E-state index contributed by atoms with van der Waals surface area (Å²) in [5.74, 6) is -0.138. The Balaban J connectivity index is 2.44. The van der Waals surface area contributed by atoms with Crippen molar-refractivity contribution in [3.05, 3.63) is 20.1 Å². The zero-order valence-corrected chi connectivity index (χ0v) is 9.37. The fourth-order valence-corrected chi connectivity index (χ4v) is 2.44. The molecular weight excluding hydrogens is 288 g/mol. The van der Waals surface area contributed by atoms with Gasteiger partial charge in [-0.2, -0.15) is 0 Å². The first kappa shape index (κ1) is 8.51. The minimum atomic E-state index is -0.138. The summed E-state index contributed by atoms with van der Waals surface area (Å²) in [4.78, 5) is 11.1. The third kappa shape index (κ3) is 1.17. The summed E-state index contributed by atoms with van der Waals surface area (Å²) in [7, 11) is 0. The van der Waals surface area contributed by atoms with Crippen LogP contribution in [-0.2, 0) is 9.53 Å². The summed E-state index contributed by atoms with van der Waals surface area (Å²) in [6.45, 7) is 0.449. The van der Waals surface area contributed by atoms with E-state index in [1.54, 1.807) is 0 Å². The molecule has 0 saturated heterocycles. The van der Waals surface area contributed by atoms with Gasteiger partial charge in [-0.25, -0.2) is 4.79 Å². The first-order valence-electron chi connectivity index (χ1n) is 3.64. The van der Waals surface area contributed by atoms with Crippen molar-refractivity contribution in [2.75, 3.05) is 6.61 Å². The van der Waals surface area contributed by atoms with Crippen molar-refractivity contribution >= 4 is 37.8 Å². The summed E-state index contributed by atoms with van der Waals surface area (Å²) < 4.78 is 5.85. The summed E-state index contributed by atoms with van der Waals surface area (Å²) in [6.07, 6.45) is 1.76. The second kappa shape index (κ2) is 3.00. The van der Waals surface area contributed by atoms with Gasteiger partial charge in [-0.1, -0.05) is 0 Å². The summed E-state index contributed by atoms with van der Waals surface area (Å²) >= 11 is 6.71. The number of cyclic esters (lactones) is 1. The average Bonchev–Trinajstić information content (AvgIpc) is 2.53. The standard InChI is InChI=1S/C8H6Br2O2/c9-7(10)4-1-2-5-6(4)3-12-8(5)11/h1-3H2. The Kier molecular flexibility index (Phi) is 2.12. The van der Waals surface area contributed by atoms with Crippen LogP contribution in [0.4, 0.5) is 0 Å². The number of rotatable bonds is 0. The first-order valence-corrected chi connectivity index (χ1v) is 5.22. The monoisotopic (exact) mass is 292 g/mol. The van der Waals surface area contributed by atoms with Crippen molar-refractivity contribution in [1.82, 2.24) is 0 Å². The van der Waals surface area contributed by atoms with Crippen molar-refractivity contribution in [3.8, 4) is 0 Å². The predicted octanol–water partition coefficient (Wildman–Crippen LogP) is 2.64. The van der Waals surface area contributed by atoms with Gasteiger partial charge in [0.15, 0.2) is 0 Å².